The number of allylic oxidation sites excluding steroid dienone is 4. The maximum absolute atomic E-state index is 12.8. The topological polar surface area (TPSA) is 50.1 Å². The monoisotopic (exact) mass is 369 g/mol. The molecule has 0 N–H and O–H groups in total. The number of nitrogens with zero attached hydrogens (tertiary/aromatic N) is 1. The van der Waals surface area contributed by atoms with Crippen LogP contribution in [0.3, 0.4) is 0 Å². The largest absolute Gasteiger partial charge is 0.426 e. The van der Waals surface area contributed by atoms with Crippen molar-refractivity contribution in [2.45, 2.75) is 58.3 Å². The summed E-state index contributed by atoms with van der Waals surface area (Å²) < 4.78 is 18.3. The van der Waals surface area contributed by atoms with Gasteiger partial charge in [0.2, 0.25) is 0 Å². The molecule has 0 amide bonds. The Balaban J connectivity index is 1.76. The van der Waals surface area contributed by atoms with E-state index < -0.39 is 5.83 Å². The van der Waals surface area contributed by atoms with Crippen molar-refractivity contribution in [3.8, 4) is 11.8 Å². The van der Waals surface area contributed by atoms with E-state index in [-0.39, 0.29) is 11.9 Å². The number of esters is 1. The molecule has 0 aromatic heterocycles. The number of nitriles is 1. The van der Waals surface area contributed by atoms with Gasteiger partial charge < -0.3 is 4.74 Å². The maximum Gasteiger partial charge on any atom is 0.314 e. The molecule has 1 aliphatic carbocycles. The molecular formula is C23H28FNO2. The van der Waals surface area contributed by atoms with E-state index in [1.54, 1.807) is 6.08 Å². The summed E-state index contributed by atoms with van der Waals surface area (Å²) in [5.41, 5.74) is 1.28. The van der Waals surface area contributed by atoms with Gasteiger partial charge in [0, 0.05) is 0 Å². The third-order valence-electron chi connectivity index (χ3n) is 5.05. The first-order chi connectivity index (χ1) is 13.1. The Bertz CT molecular complexity index is 692. The van der Waals surface area contributed by atoms with Crippen molar-refractivity contribution in [3.63, 3.8) is 0 Å². The summed E-state index contributed by atoms with van der Waals surface area (Å²) >= 11 is 0. The Morgan fingerprint density at radius 1 is 1.22 bits per heavy atom. The third kappa shape index (κ3) is 7.38. The van der Waals surface area contributed by atoms with Crippen LogP contribution in [0, 0.1) is 23.2 Å². The second kappa shape index (κ2) is 11.3. The van der Waals surface area contributed by atoms with Crippen molar-refractivity contribution in [1.29, 1.82) is 5.26 Å². The van der Waals surface area contributed by atoms with Crippen molar-refractivity contribution >= 4 is 5.97 Å². The van der Waals surface area contributed by atoms with E-state index >= 15 is 0 Å². The van der Waals surface area contributed by atoms with Gasteiger partial charge in [-0.1, -0.05) is 44.1 Å². The number of hydrogen-bond donors (Lipinski definition) is 0. The quantitative estimate of drug-likeness (QED) is 0.184. The van der Waals surface area contributed by atoms with Crippen LogP contribution in [0.15, 0.2) is 48.3 Å². The molecule has 0 unspecified atom stereocenters. The molecule has 1 saturated carbocycles. The first-order valence-corrected chi connectivity index (χ1v) is 9.87. The van der Waals surface area contributed by atoms with Crippen LogP contribution < -0.4 is 4.74 Å². The predicted octanol–water partition coefficient (Wildman–Crippen LogP) is 6.06. The van der Waals surface area contributed by atoms with Gasteiger partial charge in [0.25, 0.3) is 0 Å². The number of benzene rings is 1. The number of unbranched alkanes of at least 4 members (excludes halogenated alkanes) is 2. The molecule has 0 radical (unpaired) electrons. The molecule has 0 aliphatic heterocycles. The molecule has 1 aliphatic rings. The average Bonchev–Trinajstić information content (AvgIpc) is 2.70. The van der Waals surface area contributed by atoms with E-state index in [1.165, 1.54) is 37.0 Å². The zero-order chi connectivity index (χ0) is 19.5. The van der Waals surface area contributed by atoms with Crippen molar-refractivity contribution in [2.24, 2.45) is 11.8 Å². The van der Waals surface area contributed by atoms with Gasteiger partial charge in [-0.15, -0.1) is 0 Å². The van der Waals surface area contributed by atoms with Crippen molar-refractivity contribution in [3.05, 3.63) is 53.9 Å². The Kier molecular flexibility index (Phi) is 8.77. The number of hydrogen-bond acceptors (Lipinski definition) is 3. The van der Waals surface area contributed by atoms with Crippen LogP contribution in [0.2, 0.25) is 0 Å². The molecule has 0 spiro atoms. The van der Waals surface area contributed by atoms with Crippen LogP contribution in [0.5, 0.6) is 5.75 Å². The van der Waals surface area contributed by atoms with Crippen LogP contribution in [0.4, 0.5) is 4.39 Å². The minimum Gasteiger partial charge on any atom is -0.426 e. The van der Waals surface area contributed by atoms with E-state index in [4.69, 9.17) is 10.00 Å². The fourth-order valence-corrected chi connectivity index (χ4v) is 3.38. The van der Waals surface area contributed by atoms with Crippen molar-refractivity contribution in [2.75, 3.05) is 0 Å². The number of aryl methyl sites for hydroxylation is 1. The molecule has 1 aromatic rings. The fraction of sp³-hybridized carbons (Fsp3) is 0.478. The minimum atomic E-state index is -0.792. The van der Waals surface area contributed by atoms with Crippen molar-refractivity contribution in [1.82, 2.24) is 0 Å². The second-order valence-electron chi connectivity index (χ2n) is 7.15. The van der Waals surface area contributed by atoms with Crippen LogP contribution in [-0.2, 0) is 11.2 Å². The molecule has 4 heteroatoms. The maximum atomic E-state index is 12.8. The van der Waals surface area contributed by atoms with E-state index in [2.05, 4.69) is 6.92 Å². The Morgan fingerprint density at radius 2 is 1.93 bits per heavy atom. The summed E-state index contributed by atoms with van der Waals surface area (Å²) in [7, 11) is 0. The highest BCUT2D eigenvalue weighted by Crippen LogP contribution is 2.31. The third-order valence-corrected chi connectivity index (χ3v) is 5.05. The van der Waals surface area contributed by atoms with Crippen LogP contribution in [0.25, 0.3) is 0 Å². The molecule has 0 bridgehead atoms. The molecular weight excluding hydrogens is 341 g/mol. The lowest BCUT2D eigenvalue weighted by Gasteiger charge is -2.25. The number of ether oxygens (including phenoxy) is 1. The van der Waals surface area contributed by atoms with Gasteiger partial charge in [0.1, 0.15) is 11.8 Å². The van der Waals surface area contributed by atoms with Gasteiger partial charge in [0.15, 0.2) is 5.83 Å². The summed E-state index contributed by atoms with van der Waals surface area (Å²) in [5, 5.41) is 8.37. The highest BCUT2D eigenvalue weighted by Gasteiger charge is 2.26. The Morgan fingerprint density at radius 3 is 2.56 bits per heavy atom. The van der Waals surface area contributed by atoms with Gasteiger partial charge in [-0.3, -0.25) is 4.79 Å². The van der Waals surface area contributed by atoms with Crippen LogP contribution >= 0.6 is 0 Å². The van der Waals surface area contributed by atoms with Gasteiger partial charge in [-0.25, -0.2) is 0 Å². The summed E-state index contributed by atoms with van der Waals surface area (Å²) in [6.45, 7) is 2.19. The standard InChI is InChI=1S/C23H28FNO2/c1-2-3-4-6-18-11-15-22(16-12-18)27-23(26)20-13-9-19(10-14-20)7-5-8-21(24)17-25/h5,7-8,11-12,15-16,19-20H,2-4,6,9-10,13-14H2,1H3/t19-,20-. The predicted molar refractivity (Wildman–Crippen MR) is 105 cm³/mol. The zero-order valence-electron chi connectivity index (χ0n) is 16.0. The molecule has 1 fully saturated rings. The number of halogens is 1. The Labute approximate surface area is 161 Å². The number of carbonyl (C=O) groups excluding carboxylic acids is 1. The highest BCUT2D eigenvalue weighted by atomic mass is 19.1. The Hall–Kier alpha value is -2.41. The lowest BCUT2D eigenvalue weighted by Crippen LogP contribution is -2.25. The first kappa shape index (κ1) is 20.9. The van der Waals surface area contributed by atoms with Gasteiger partial charge in [-0.05, 0) is 68.2 Å². The summed E-state index contributed by atoms with van der Waals surface area (Å²) in [6.07, 6.45) is 12.6. The SMILES string of the molecule is CCCCCc1ccc(OC(=O)[C@H]2CC[C@H](C=CC=C(F)C#N)CC2)cc1. The first-order valence-electron chi connectivity index (χ1n) is 9.87. The zero-order valence-corrected chi connectivity index (χ0v) is 16.0. The normalized spacial score (nSPS) is 20.4. The number of rotatable bonds is 8. The molecule has 0 atom stereocenters. The number of carbonyl (C=O) groups is 1. The second-order valence-corrected chi connectivity index (χ2v) is 7.15. The fourth-order valence-electron chi connectivity index (χ4n) is 3.38. The molecule has 27 heavy (non-hydrogen) atoms. The molecule has 1 aromatic carbocycles. The van der Waals surface area contributed by atoms with E-state index in [9.17, 15) is 9.18 Å². The van der Waals surface area contributed by atoms with E-state index in [1.807, 2.05) is 30.3 Å². The lowest BCUT2D eigenvalue weighted by atomic mass is 9.82. The lowest BCUT2D eigenvalue weighted by molar-refractivity contribution is -0.140. The summed E-state index contributed by atoms with van der Waals surface area (Å²) in [6, 6.07) is 9.27. The molecule has 144 valence electrons. The smallest absolute Gasteiger partial charge is 0.314 e. The van der Waals surface area contributed by atoms with Gasteiger partial charge in [0.05, 0.1) is 5.92 Å². The molecule has 3 nitrogen and oxygen atoms in total. The highest BCUT2D eigenvalue weighted by molar-refractivity contribution is 5.75. The van der Waals surface area contributed by atoms with Gasteiger partial charge >= 0.3 is 5.97 Å². The van der Waals surface area contributed by atoms with E-state index in [0.29, 0.717) is 11.7 Å². The average molecular weight is 369 g/mol. The molecule has 0 saturated heterocycles. The van der Waals surface area contributed by atoms with Crippen LogP contribution in [-0.4, -0.2) is 5.97 Å². The minimum absolute atomic E-state index is 0.0785. The van der Waals surface area contributed by atoms with Crippen molar-refractivity contribution < 1.29 is 13.9 Å². The van der Waals surface area contributed by atoms with E-state index in [0.717, 1.165) is 32.1 Å². The summed E-state index contributed by atoms with van der Waals surface area (Å²) in [5.74, 6) is -0.102. The van der Waals surface area contributed by atoms with Crippen LogP contribution in [0.1, 0.15) is 57.4 Å². The molecule has 2 rings (SSSR count). The summed E-state index contributed by atoms with van der Waals surface area (Å²) in [4.78, 5) is 12.4. The molecule has 0 heterocycles. The van der Waals surface area contributed by atoms with Gasteiger partial charge in [-0.2, -0.15) is 9.65 Å².